The summed E-state index contributed by atoms with van der Waals surface area (Å²) in [6.45, 7) is 9.72. The number of carboxylic acids is 1. The Morgan fingerprint density at radius 1 is 0.627 bits per heavy atom. The Hall–Kier alpha value is -8.91. The van der Waals surface area contributed by atoms with E-state index in [1.807, 2.05) is 119 Å². The number of hydrogen-bond acceptors (Lipinski definition) is 8. The summed E-state index contributed by atoms with van der Waals surface area (Å²) in [6, 6.07) is 37.9. The molecule has 6 aromatic carbocycles. The highest BCUT2D eigenvalue weighted by molar-refractivity contribution is 6.03. The molecule has 0 radical (unpaired) electrons. The molecular weight excluding hydrogens is 945 g/mol. The molecule has 3 atom stereocenters. The highest BCUT2D eigenvalue weighted by atomic mass is 16.5. The fourth-order valence-corrected chi connectivity index (χ4v) is 9.33. The number of carbonyl (C=O) groups is 3. The number of aromatic nitrogens is 2. The lowest BCUT2D eigenvalue weighted by Crippen LogP contribution is -2.66. The maximum Gasteiger partial charge on any atom is 0.331 e. The number of methoxy groups -OCH3 is 2. The van der Waals surface area contributed by atoms with E-state index in [2.05, 4.69) is 39.0 Å². The average molecular weight is 1010 g/mol. The van der Waals surface area contributed by atoms with Crippen molar-refractivity contribution in [3.05, 3.63) is 190 Å². The standard InChI is InChI=1S/C62H60N4O9/c1-39(2)74-55-31-27-41(25-29-43-17-9-15-23-53(43)72-7)33-48(55)58(68)65-62(6,60(70)71)57(50-37-64-52-22-14-12-20-47(50)52)66(61(5,38-67)35-45-36-63-51-21-13-11-19-46(45)51)59(69)49-34-42(28-32-56(49)75-40(3)4)26-30-44-18-10-16-24-54(44)73-8/h9-24,27-28,31-34,36-37,39-40,57,63-64,67H,35,38H2,1-8H3,(H,65,68)(H,70,71). The fraction of sp³-hybridized carbons (Fsp3) is 0.242. The van der Waals surface area contributed by atoms with Crippen molar-refractivity contribution < 1.29 is 43.5 Å². The minimum absolute atomic E-state index is 0.00351. The first-order chi connectivity index (χ1) is 36.1. The number of fused-ring (bicyclic) bond motifs is 2. The first-order valence-electron chi connectivity index (χ1n) is 24.6. The van der Waals surface area contributed by atoms with Gasteiger partial charge in [0.05, 0.1) is 66.9 Å². The third-order valence-corrected chi connectivity index (χ3v) is 13.0. The molecule has 0 fully saturated rings. The molecule has 0 bridgehead atoms. The second-order valence-electron chi connectivity index (χ2n) is 19.2. The maximum atomic E-state index is 16.5. The van der Waals surface area contributed by atoms with Gasteiger partial charge in [0.25, 0.3) is 11.8 Å². The fourth-order valence-electron chi connectivity index (χ4n) is 9.33. The van der Waals surface area contributed by atoms with Crippen molar-refractivity contribution in [2.24, 2.45) is 0 Å². The molecule has 5 N–H and O–H groups in total. The van der Waals surface area contributed by atoms with Gasteiger partial charge in [-0.3, -0.25) is 9.59 Å². The lowest BCUT2D eigenvalue weighted by atomic mass is 9.79. The van der Waals surface area contributed by atoms with Crippen LogP contribution in [0.25, 0.3) is 21.8 Å². The molecule has 0 aliphatic heterocycles. The van der Waals surface area contributed by atoms with Crippen LogP contribution in [-0.2, 0) is 11.2 Å². The van der Waals surface area contributed by atoms with Crippen molar-refractivity contribution in [1.82, 2.24) is 20.2 Å². The number of carboxylic acid groups (broad SMARTS) is 1. The molecule has 0 aliphatic rings. The van der Waals surface area contributed by atoms with E-state index < -0.39 is 47.6 Å². The van der Waals surface area contributed by atoms with Gasteiger partial charge in [0.1, 0.15) is 23.0 Å². The van der Waals surface area contributed by atoms with Gasteiger partial charge in [-0.2, -0.15) is 0 Å². The highest BCUT2D eigenvalue weighted by Gasteiger charge is 2.54. The molecule has 13 nitrogen and oxygen atoms in total. The number of rotatable bonds is 17. The molecule has 0 saturated heterocycles. The zero-order valence-electron chi connectivity index (χ0n) is 43.2. The van der Waals surface area contributed by atoms with Gasteiger partial charge < -0.3 is 49.3 Å². The van der Waals surface area contributed by atoms with Crippen molar-refractivity contribution in [3.63, 3.8) is 0 Å². The first-order valence-corrected chi connectivity index (χ1v) is 24.6. The molecule has 0 saturated carbocycles. The first kappa shape index (κ1) is 52.4. The topological polar surface area (TPSA) is 175 Å². The van der Waals surface area contributed by atoms with Gasteiger partial charge in [-0.15, -0.1) is 0 Å². The molecule has 8 rings (SSSR count). The Morgan fingerprint density at radius 2 is 1.12 bits per heavy atom. The smallest absolute Gasteiger partial charge is 0.331 e. The number of nitrogens with one attached hydrogen (secondary N) is 3. The minimum atomic E-state index is -2.39. The lowest BCUT2D eigenvalue weighted by Gasteiger charge is -2.50. The molecule has 3 unspecified atom stereocenters. The van der Waals surface area contributed by atoms with E-state index in [1.165, 1.54) is 11.8 Å². The number of aliphatic hydroxyl groups excluding tert-OH is 1. The maximum absolute atomic E-state index is 16.5. The van der Waals surface area contributed by atoms with E-state index >= 15 is 9.59 Å². The van der Waals surface area contributed by atoms with Crippen LogP contribution >= 0.6 is 0 Å². The van der Waals surface area contributed by atoms with Crippen molar-refractivity contribution in [3.8, 4) is 46.7 Å². The van der Waals surface area contributed by atoms with Crippen LogP contribution in [0.3, 0.4) is 0 Å². The third kappa shape index (κ3) is 11.2. The van der Waals surface area contributed by atoms with Crippen LogP contribution in [0.1, 0.15) is 102 Å². The van der Waals surface area contributed by atoms with Gasteiger partial charge in [0.15, 0.2) is 5.54 Å². The number of hydrogen-bond donors (Lipinski definition) is 5. The number of benzene rings is 6. The van der Waals surface area contributed by atoms with Gasteiger partial charge in [0.2, 0.25) is 0 Å². The summed E-state index contributed by atoms with van der Waals surface area (Å²) in [7, 11) is 3.12. The van der Waals surface area contributed by atoms with Gasteiger partial charge >= 0.3 is 5.97 Å². The Bertz CT molecular complexity index is 3530. The second kappa shape index (κ2) is 22.5. The molecule has 2 amide bonds. The van der Waals surface area contributed by atoms with Crippen LogP contribution in [-0.4, -0.2) is 87.0 Å². The van der Waals surface area contributed by atoms with Crippen LogP contribution in [0.5, 0.6) is 23.0 Å². The van der Waals surface area contributed by atoms with Gasteiger partial charge in [-0.1, -0.05) is 84.3 Å². The predicted molar refractivity (Wildman–Crippen MR) is 291 cm³/mol. The molecule has 2 aromatic heterocycles. The van der Waals surface area contributed by atoms with E-state index in [4.69, 9.17) is 18.9 Å². The number of aliphatic hydroxyl groups is 1. The Kier molecular flexibility index (Phi) is 15.7. The summed E-state index contributed by atoms with van der Waals surface area (Å²) in [6.07, 6.45) is 2.70. The highest BCUT2D eigenvalue weighted by Crippen LogP contribution is 2.44. The van der Waals surface area contributed by atoms with Crippen LogP contribution in [0.4, 0.5) is 0 Å². The molecule has 8 aromatic rings. The zero-order chi connectivity index (χ0) is 53.4. The van der Waals surface area contributed by atoms with Crippen molar-refractivity contribution in [1.29, 1.82) is 0 Å². The van der Waals surface area contributed by atoms with Crippen LogP contribution < -0.4 is 24.3 Å². The van der Waals surface area contributed by atoms with Gasteiger partial charge in [0, 0.05) is 50.9 Å². The summed E-state index contributed by atoms with van der Waals surface area (Å²) in [5.74, 6) is 11.1. The Morgan fingerprint density at radius 3 is 1.67 bits per heavy atom. The molecule has 0 spiro atoms. The molecular formula is C62H60N4O9. The number of ether oxygens (including phenoxy) is 4. The van der Waals surface area contributed by atoms with Crippen molar-refractivity contribution in [2.45, 2.75) is 77.3 Å². The normalized spacial score (nSPS) is 13.1. The largest absolute Gasteiger partial charge is 0.495 e. The number of aliphatic carboxylic acids is 1. The van der Waals surface area contributed by atoms with Crippen LogP contribution in [0.15, 0.2) is 146 Å². The number of aromatic amines is 2. The van der Waals surface area contributed by atoms with E-state index in [9.17, 15) is 15.0 Å². The summed E-state index contributed by atoms with van der Waals surface area (Å²) in [5.41, 5.74) is 0.677. The molecule has 75 heavy (non-hydrogen) atoms. The third-order valence-electron chi connectivity index (χ3n) is 13.0. The average Bonchev–Trinajstić information content (AvgIpc) is 4.02. The molecule has 2 heterocycles. The van der Waals surface area contributed by atoms with E-state index in [1.54, 1.807) is 75.9 Å². The second-order valence-corrected chi connectivity index (χ2v) is 19.2. The monoisotopic (exact) mass is 1000 g/mol. The summed E-state index contributed by atoms with van der Waals surface area (Å²) in [4.78, 5) is 54.5. The molecule has 382 valence electrons. The molecule has 13 heteroatoms. The van der Waals surface area contributed by atoms with Crippen LogP contribution in [0, 0.1) is 23.7 Å². The van der Waals surface area contributed by atoms with E-state index in [-0.39, 0.29) is 35.2 Å². The van der Waals surface area contributed by atoms with Gasteiger partial charge in [-0.05, 0) is 126 Å². The number of nitrogens with zero attached hydrogens (tertiary/aromatic N) is 1. The number of H-pyrrole nitrogens is 2. The predicted octanol–water partition coefficient (Wildman–Crippen LogP) is 10.5. The Labute approximate surface area is 436 Å². The summed E-state index contributed by atoms with van der Waals surface area (Å²) >= 11 is 0. The summed E-state index contributed by atoms with van der Waals surface area (Å²) in [5, 5.41) is 28.3. The quantitative estimate of drug-likeness (QED) is 0.0556. The minimum Gasteiger partial charge on any atom is -0.495 e. The van der Waals surface area contributed by atoms with Crippen molar-refractivity contribution in [2.75, 3.05) is 20.8 Å². The number of carbonyl (C=O) groups excluding carboxylic acids is 2. The van der Waals surface area contributed by atoms with Crippen LogP contribution in [0.2, 0.25) is 0 Å². The zero-order valence-corrected chi connectivity index (χ0v) is 43.2. The van der Waals surface area contributed by atoms with E-state index in [0.29, 0.717) is 50.2 Å². The van der Waals surface area contributed by atoms with Gasteiger partial charge in [-0.25, -0.2) is 4.79 Å². The Balaban J connectivity index is 1.37. The SMILES string of the molecule is COc1ccccc1C#Cc1ccc(OC(C)C)c(C(=O)NC(C)(C(=O)O)C(c2c[nH]c3ccccc23)N(C(=O)c2cc(C#Cc3ccccc3OC)ccc2OC(C)C)C(C)(CO)Cc2c[nH]c3ccccc23)c1. The number of amides is 2. The lowest BCUT2D eigenvalue weighted by molar-refractivity contribution is -0.148. The van der Waals surface area contributed by atoms with Crippen molar-refractivity contribution >= 4 is 39.6 Å². The molecule has 0 aliphatic carbocycles. The number of para-hydroxylation sites is 4. The summed E-state index contributed by atoms with van der Waals surface area (Å²) < 4.78 is 23.7. The van der Waals surface area contributed by atoms with E-state index in [0.717, 1.165) is 16.5 Å².